The third-order valence-electron chi connectivity index (χ3n) is 3.59. The molecule has 1 aromatic rings. The van der Waals surface area contributed by atoms with Gasteiger partial charge in [0.25, 0.3) is 0 Å². The monoisotopic (exact) mass is 278 g/mol. The molecule has 1 atom stereocenters. The summed E-state index contributed by atoms with van der Waals surface area (Å²) >= 11 is 0. The van der Waals surface area contributed by atoms with E-state index in [1.165, 1.54) is 19.3 Å². The van der Waals surface area contributed by atoms with Crippen LogP contribution in [0.3, 0.4) is 0 Å². The fraction of sp³-hybridized carbons (Fsp3) is 0.733. The topological polar surface area (TPSA) is 50.3 Å². The predicted molar refractivity (Wildman–Crippen MR) is 81.3 cm³/mol. The zero-order valence-electron chi connectivity index (χ0n) is 12.6. The van der Waals surface area contributed by atoms with E-state index in [-0.39, 0.29) is 0 Å². The number of ether oxygens (including phenoxy) is 1. The lowest BCUT2D eigenvalue weighted by Crippen LogP contribution is -2.40. The molecule has 0 aliphatic carbocycles. The number of nitrogens with one attached hydrogen (secondary N) is 1. The predicted octanol–water partition coefficient (Wildman–Crippen LogP) is 2.09. The van der Waals surface area contributed by atoms with Gasteiger partial charge in [0.15, 0.2) is 5.82 Å². The molecule has 1 aromatic heterocycles. The average molecular weight is 278 g/mol. The number of hydrogen-bond acceptors (Lipinski definition) is 5. The van der Waals surface area contributed by atoms with Gasteiger partial charge in [-0.05, 0) is 45.2 Å². The van der Waals surface area contributed by atoms with E-state index in [9.17, 15) is 0 Å². The molecule has 0 saturated carbocycles. The number of nitrogens with zero attached hydrogens (tertiary/aromatic N) is 3. The Morgan fingerprint density at radius 1 is 1.40 bits per heavy atom. The van der Waals surface area contributed by atoms with E-state index in [0.717, 1.165) is 32.0 Å². The number of aromatic nitrogens is 2. The number of piperidine rings is 1. The first-order valence-corrected chi connectivity index (χ1v) is 7.74. The Hall–Kier alpha value is -1.36. The Kier molecular flexibility index (Phi) is 6.05. The van der Waals surface area contributed by atoms with Gasteiger partial charge >= 0.3 is 0 Å². The highest BCUT2D eigenvalue weighted by molar-refractivity contribution is 5.38. The molecule has 1 N–H and O–H groups in total. The summed E-state index contributed by atoms with van der Waals surface area (Å²) in [6.45, 7) is 9.12. The van der Waals surface area contributed by atoms with Crippen LogP contribution in [-0.2, 0) is 0 Å². The van der Waals surface area contributed by atoms with Crippen molar-refractivity contribution < 1.29 is 4.74 Å². The third-order valence-corrected chi connectivity index (χ3v) is 3.59. The highest BCUT2D eigenvalue weighted by atomic mass is 16.5. The second-order valence-corrected chi connectivity index (χ2v) is 5.31. The molecule has 2 heterocycles. The van der Waals surface area contributed by atoms with E-state index >= 15 is 0 Å². The lowest BCUT2D eigenvalue weighted by Gasteiger charge is -2.33. The Morgan fingerprint density at radius 3 is 3.10 bits per heavy atom. The molecule has 20 heavy (non-hydrogen) atoms. The molecule has 0 spiro atoms. The van der Waals surface area contributed by atoms with E-state index < -0.39 is 0 Å². The maximum atomic E-state index is 5.43. The normalized spacial score (nSPS) is 19.1. The van der Waals surface area contributed by atoms with E-state index in [2.05, 4.69) is 27.1 Å². The van der Waals surface area contributed by atoms with Gasteiger partial charge in [-0.25, -0.2) is 0 Å². The zero-order chi connectivity index (χ0) is 14.2. The van der Waals surface area contributed by atoms with Gasteiger partial charge in [0.05, 0.1) is 19.0 Å². The van der Waals surface area contributed by atoms with Crippen LogP contribution in [0.1, 0.15) is 33.1 Å². The van der Waals surface area contributed by atoms with Gasteiger partial charge in [-0.1, -0.05) is 6.92 Å². The Labute approximate surface area is 121 Å². The van der Waals surface area contributed by atoms with Crippen LogP contribution in [0.2, 0.25) is 0 Å². The summed E-state index contributed by atoms with van der Waals surface area (Å²) in [5.74, 6) is 2.26. The van der Waals surface area contributed by atoms with Crippen LogP contribution in [0.4, 0.5) is 5.82 Å². The molecule has 1 unspecified atom stereocenters. The Bertz CT molecular complexity index is 399. The van der Waals surface area contributed by atoms with Crippen molar-refractivity contribution in [3.8, 4) is 5.88 Å². The highest BCUT2D eigenvalue weighted by Gasteiger charge is 2.21. The van der Waals surface area contributed by atoms with Crippen molar-refractivity contribution in [2.45, 2.75) is 33.1 Å². The summed E-state index contributed by atoms with van der Waals surface area (Å²) in [7, 11) is 0. The Balaban J connectivity index is 1.92. The van der Waals surface area contributed by atoms with Crippen LogP contribution in [0.5, 0.6) is 5.88 Å². The smallest absolute Gasteiger partial charge is 0.234 e. The standard InChI is InChI=1S/C15H26N4O/c1-3-7-16-9-13-6-5-8-19(12-13)14-10-17-11-15(18-14)20-4-2/h10-11,13,16H,3-9,12H2,1-2H3. The number of rotatable bonds is 7. The fourth-order valence-corrected chi connectivity index (χ4v) is 2.63. The molecule has 5 nitrogen and oxygen atoms in total. The van der Waals surface area contributed by atoms with Gasteiger partial charge in [0, 0.05) is 13.1 Å². The molecule has 0 radical (unpaired) electrons. The lowest BCUT2D eigenvalue weighted by molar-refractivity contribution is 0.324. The molecule has 0 amide bonds. The molecule has 1 fully saturated rings. The van der Waals surface area contributed by atoms with E-state index in [4.69, 9.17) is 4.74 Å². The van der Waals surface area contributed by atoms with Gasteiger partial charge < -0.3 is 15.0 Å². The van der Waals surface area contributed by atoms with Crippen molar-refractivity contribution in [3.63, 3.8) is 0 Å². The fourth-order valence-electron chi connectivity index (χ4n) is 2.63. The van der Waals surface area contributed by atoms with Gasteiger partial charge in [0.2, 0.25) is 5.88 Å². The molecule has 1 aliphatic rings. The first-order chi connectivity index (χ1) is 9.83. The first kappa shape index (κ1) is 15.0. The first-order valence-electron chi connectivity index (χ1n) is 7.74. The molecule has 2 rings (SSSR count). The van der Waals surface area contributed by atoms with Gasteiger partial charge in [-0.3, -0.25) is 4.98 Å². The molecule has 0 bridgehead atoms. The van der Waals surface area contributed by atoms with Crippen LogP contribution in [0, 0.1) is 5.92 Å². The van der Waals surface area contributed by atoms with Crippen molar-refractivity contribution in [2.24, 2.45) is 5.92 Å². The summed E-state index contributed by atoms with van der Waals surface area (Å²) < 4.78 is 5.43. The minimum atomic E-state index is 0.622. The highest BCUT2D eigenvalue weighted by Crippen LogP contribution is 2.22. The van der Waals surface area contributed by atoms with E-state index in [0.29, 0.717) is 18.4 Å². The second kappa shape index (κ2) is 8.04. The van der Waals surface area contributed by atoms with Crippen LogP contribution in [0.15, 0.2) is 12.4 Å². The van der Waals surface area contributed by atoms with Gasteiger partial charge in [0.1, 0.15) is 0 Å². The third kappa shape index (κ3) is 4.34. The average Bonchev–Trinajstić information content (AvgIpc) is 2.49. The van der Waals surface area contributed by atoms with Crippen LogP contribution in [0.25, 0.3) is 0 Å². The number of anilines is 1. The van der Waals surface area contributed by atoms with Crippen LogP contribution >= 0.6 is 0 Å². The maximum absolute atomic E-state index is 5.43. The summed E-state index contributed by atoms with van der Waals surface area (Å²) in [4.78, 5) is 11.1. The van der Waals surface area contributed by atoms with Crippen molar-refractivity contribution in [2.75, 3.05) is 37.7 Å². The summed E-state index contributed by atoms with van der Waals surface area (Å²) in [5, 5.41) is 3.52. The second-order valence-electron chi connectivity index (χ2n) is 5.31. The molecule has 1 saturated heterocycles. The van der Waals surface area contributed by atoms with Crippen molar-refractivity contribution >= 4 is 5.82 Å². The molecule has 112 valence electrons. The largest absolute Gasteiger partial charge is 0.477 e. The van der Waals surface area contributed by atoms with E-state index in [1.54, 1.807) is 6.20 Å². The summed E-state index contributed by atoms with van der Waals surface area (Å²) in [6.07, 6.45) is 7.23. The Morgan fingerprint density at radius 2 is 2.30 bits per heavy atom. The summed E-state index contributed by atoms with van der Waals surface area (Å²) in [5.41, 5.74) is 0. The molecular formula is C15H26N4O. The molecular weight excluding hydrogens is 252 g/mol. The van der Waals surface area contributed by atoms with Crippen molar-refractivity contribution in [1.82, 2.24) is 15.3 Å². The molecule has 1 aliphatic heterocycles. The maximum Gasteiger partial charge on any atom is 0.234 e. The summed E-state index contributed by atoms with van der Waals surface area (Å²) in [6, 6.07) is 0. The zero-order valence-corrected chi connectivity index (χ0v) is 12.6. The van der Waals surface area contributed by atoms with E-state index in [1.807, 2.05) is 13.1 Å². The SMILES string of the molecule is CCCNCC1CCCN(c2cncc(OCC)n2)C1. The van der Waals surface area contributed by atoms with Crippen LogP contribution < -0.4 is 15.0 Å². The lowest BCUT2D eigenvalue weighted by atomic mass is 9.98. The minimum absolute atomic E-state index is 0.622. The van der Waals surface area contributed by atoms with Crippen LogP contribution in [-0.4, -0.2) is 42.8 Å². The number of hydrogen-bond donors (Lipinski definition) is 1. The van der Waals surface area contributed by atoms with Crippen molar-refractivity contribution in [1.29, 1.82) is 0 Å². The quantitative estimate of drug-likeness (QED) is 0.774. The van der Waals surface area contributed by atoms with Crippen molar-refractivity contribution in [3.05, 3.63) is 12.4 Å². The minimum Gasteiger partial charge on any atom is -0.477 e. The molecule has 5 heteroatoms. The van der Waals surface area contributed by atoms with Gasteiger partial charge in [-0.15, -0.1) is 0 Å². The van der Waals surface area contributed by atoms with Gasteiger partial charge in [-0.2, -0.15) is 4.98 Å². The molecule has 0 aromatic carbocycles.